The third-order valence-corrected chi connectivity index (χ3v) is 4.88. The fraction of sp³-hybridized carbons (Fsp3) is 0.375. The molecule has 7 nitrogen and oxygen atoms in total. The summed E-state index contributed by atoms with van der Waals surface area (Å²) in [6.07, 6.45) is 3.23. The van der Waals surface area contributed by atoms with Crippen LogP contribution in [-0.2, 0) is 9.84 Å². The second-order valence-corrected chi connectivity index (χ2v) is 8.33. The van der Waals surface area contributed by atoms with Gasteiger partial charge in [0.2, 0.25) is 0 Å². The number of Topliss-reactive ketones (excluding diaryl/α,β-unsaturated/α-hetero) is 1. The van der Waals surface area contributed by atoms with Crippen molar-refractivity contribution in [3.8, 4) is 0 Å². The number of aromatic nitrogens is 1. The summed E-state index contributed by atoms with van der Waals surface area (Å²) in [7, 11) is -3.51. The molecule has 0 aliphatic carbocycles. The van der Waals surface area contributed by atoms with Gasteiger partial charge in [-0.05, 0) is 18.6 Å². The van der Waals surface area contributed by atoms with Crippen LogP contribution in [0.15, 0.2) is 35.3 Å². The molecule has 0 amide bonds. The van der Waals surface area contributed by atoms with Crippen LogP contribution in [0.1, 0.15) is 16.8 Å². The molecule has 1 fully saturated rings. The maximum atomic E-state index is 12.6. The molecule has 0 radical (unpaired) electrons. The Balaban J connectivity index is 2.19. The van der Waals surface area contributed by atoms with Gasteiger partial charge in [-0.3, -0.25) is 14.3 Å². The van der Waals surface area contributed by atoms with Crippen molar-refractivity contribution in [1.29, 1.82) is 0 Å². The Morgan fingerprint density at radius 3 is 2.67 bits per heavy atom. The summed E-state index contributed by atoms with van der Waals surface area (Å²) in [5.74, 6) is -1.37. The summed E-state index contributed by atoms with van der Waals surface area (Å²) in [6, 6.07) is 6.99. The molecule has 1 saturated heterocycles. The van der Waals surface area contributed by atoms with Gasteiger partial charge in [-0.15, -0.1) is 0 Å². The van der Waals surface area contributed by atoms with Crippen molar-refractivity contribution in [3.05, 3.63) is 46.2 Å². The highest BCUT2D eigenvalue weighted by Crippen LogP contribution is 2.16. The third-order valence-electron chi connectivity index (χ3n) is 4.09. The van der Waals surface area contributed by atoms with Crippen LogP contribution in [0.5, 0.6) is 0 Å². The number of hydrogen-bond acceptors (Lipinski definition) is 6. The van der Waals surface area contributed by atoms with E-state index in [4.69, 9.17) is 5.73 Å². The van der Waals surface area contributed by atoms with Crippen LogP contribution in [0.2, 0.25) is 0 Å². The molecule has 24 heavy (non-hydrogen) atoms. The van der Waals surface area contributed by atoms with Crippen LogP contribution in [0.3, 0.4) is 0 Å². The van der Waals surface area contributed by atoms with Gasteiger partial charge in [-0.25, -0.2) is 8.42 Å². The number of nitrogens with zero attached hydrogens (tertiary/aromatic N) is 2. The highest BCUT2D eigenvalue weighted by molar-refractivity contribution is 7.91. The van der Waals surface area contributed by atoms with Gasteiger partial charge in [0.15, 0.2) is 21.0 Å². The molecule has 1 aromatic heterocycles. The van der Waals surface area contributed by atoms with E-state index in [-0.39, 0.29) is 11.6 Å². The van der Waals surface area contributed by atoms with Crippen molar-refractivity contribution in [1.82, 2.24) is 4.68 Å². The van der Waals surface area contributed by atoms with E-state index in [9.17, 15) is 18.0 Å². The molecule has 0 spiro atoms. The number of pyridine rings is 1. The van der Waals surface area contributed by atoms with Crippen molar-refractivity contribution in [2.45, 2.75) is 12.5 Å². The van der Waals surface area contributed by atoms with Crippen LogP contribution >= 0.6 is 0 Å². The number of hydrogen-bond donors (Lipinski definition) is 1. The maximum absolute atomic E-state index is 12.6. The van der Waals surface area contributed by atoms with Crippen LogP contribution in [-0.4, -0.2) is 50.0 Å². The predicted molar refractivity (Wildman–Crippen MR) is 92.8 cm³/mol. The topological polar surface area (TPSA) is 102 Å². The van der Waals surface area contributed by atoms with Gasteiger partial charge in [0, 0.05) is 37.0 Å². The van der Waals surface area contributed by atoms with E-state index in [0.29, 0.717) is 24.0 Å². The first kappa shape index (κ1) is 16.7. The minimum absolute atomic E-state index is 0.0263. The minimum atomic E-state index is -3.51. The van der Waals surface area contributed by atoms with Crippen LogP contribution in [0.4, 0.5) is 0 Å². The molecule has 1 atom stereocenters. The minimum Gasteiger partial charge on any atom is -0.326 e. The maximum Gasteiger partial charge on any atom is 0.200 e. The van der Waals surface area contributed by atoms with E-state index in [0.717, 1.165) is 12.7 Å². The lowest BCUT2D eigenvalue weighted by Crippen LogP contribution is -2.37. The van der Waals surface area contributed by atoms with E-state index in [1.54, 1.807) is 22.9 Å². The molecule has 0 saturated carbocycles. The monoisotopic (exact) mass is 349 g/mol. The molecule has 1 aliphatic heterocycles. The van der Waals surface area contributed by atoms with Crippen molar-refractivity contribution >= 4 is 26.5 Å². The van der Waals surface area contributed by atoms with Gasteiger partial charge >= 0.3 is 0 Å². The number of carbonyl (C=O) groups is 1. The summed E-state index contributed by atoms with van der Waals surface area (Å²) in [5, 5.41) is 2.35. The van der Waals surface area contributed by atoms with E-state index >= 15 is 0 Å². The van der Waals surface area contributed by atoms with Crippen LogP contribution in [0, 0.1) is 0 Å². The summed E-state index contributed by atoms with van der Waals surface area (Å²) >= 11 is 0. The number of ketones is 1. The molecule has 2 N–H and O–H groups in total. The Morgan fingerprint density at radius 2 is 2.04 bits per heavy atom. The quantitative estimate of drug-likeness (QED) is 0.773. The zero-order valence-electron chi connectivity index (χ0n) is 13.3. The number of fused-ring (bicyclic) bond motifs is 1. The number of carbonyl (C=O) groups excluding carboxylic acids is 1. The van der Waals surface area contributed by atoms with Gasteiger partial charge in [0.25, 0.3) is 0 Å². The average Bonchev–Trinajstić information content (AvgIpc) is 2.92. The number of benzene rings is 1. The van der Waals surface area contributed by atoms with Gasteiger partial charge in [0.05, 0.1) is 11.1 Å². The highest BCUT2D eigenvalue weighted by atomic mass is 32.2. The highest BCUT2D eigenvalue weighted by Gasteiger charge is 2.24. The Hall–Kier alpha value is -2.19. The number of sulfone groups is 1. The molecule has 1 unspecified atom stereocenters. The van der Waals surface area contributed by atoms with Gasteiger partial charge in [-0.1, -0.05) is 12.1 Å². The zero-order valence-corrected chi connectivity index (χ0v) is 14.1. The Labute approximate surface area is 139 Å². The predicted octanol–water partition coefficient (Wildman–Crippen LogP) is -0.102. The second-order valence-electron chi connectivity index (χ2n) is 6.19. The molecule has 3 rings (SSSR count). The Kier molecular flexibility index (Phi) is 4.18. The summed E-state index contributed by atoms with van der Waals surface area (Å²) in [5.41, 5.74) is 6.07. The molecule has 1 aromatic carbocycles. The SMILES string of the molecule is CS(=O)(=O)CC(=O)c1cn(N2CCC(N)C2)c2ccccc2c1=O. The number of nitrogens with two attached hydrogens (primary N) is 1. The lowest BCUT2D eigenvalue weighted by Gasteiger charge is -2.24. The Bertz CT molecular complexity index is 965. The Morgan fingerprint density at radius 1 is 1.33 bits per heavy atom. The summed E-state index contributed by atoms with van der Waals surface area (Å²) in [4.78, 5) is 24.9. The fourth-order valence-corrected chi connectivity index (χ4v) is 3.61. The second kappa shape index (κ2) is 6.03. The lowest BCUT2D eigenvalue weighted by molar-refractivity contribution is 0.101. The van der Waals surface area contributed by atoms with Crippen molar-refractivity contribution < 1.29 is 13.2 Å². The molecule has 2 heterocycles. The van der Waals surface area contributed by atoms with Gasteiger partial charge < -0.3 is 10.7 Å². The van der Waals surface area contributed by atoms with E-state index in [1.807, 2.05) is 11.1 Å². The zero-order chi connectivity index (χ0) is 17.5. The fourth-order valence-electron chi connectivity index (χ4n) is 2.97. The first-order valence-corrected chi connectivity index (χ1v) is 9.68. The van der Waals surface area contributed by atoms with Gasteiger partial charge in [-0.2, -0.15) is 0 Å². The third kappa shape index (κ3) is 3.20. The van der Waals surface area contributed by atoms with E-state index < -0.39 is 26.8 Å². The summed E-state index contributed by atoms with van der Waals surface area (Å²) in [6.45, 7) is 1.31. The molecule has 8 heteroatoms. The smallest absolute Gasteiger partial charge is 0.200 e. The molecule has 0 bridgehead atoms. The standard InChI is InChI=1S/C16H19N3O4S/c1-24(22,23)10-15(20)13-9-19(18-7-6-11(17)8-18)14-5-3-2-4-12(14)16(13)21/h2-5,9,11H,6-8,10,17H2,1H3. The lowest BCUT2D eigenvalue weighted by atomic mass is 10.1. The first-order chi connectivity index (χ1) is 11.3. The normalized spacial score (nSPS) is 18.2. The molecular weight excluding hydrogens is 330 g/mol. The largest absolute Gasteiger partial charge is 0.326 e. The van der Waals surface area contributed by atoms with Crippen molar-refractivity contribution in [3.63, 3.8) is 0 Å². The number of rotatable bonds is 4. The van der Waals surface area contributed by atoms with E-state index in [2.05, 4.69) is 0 Å². The first-order valence-electron chi connectivity index (χ1n) is 7.62. The molecular formula is C16H19N3O4S. The molecule has 1 aliphatic rings. The number of para-hydroxylation sites is 1. The van der Waals surface area contributed by atoms with Crippen molar-refractivity contribution in [2.24, 2.45) is 5.73 Å². The summed E-state index contributed by atoms with van der Waals surface area (Å²) < 4.78 is 24.6. The van der Waals surface area contributed by atoms with Crippen LogP contribution < -0.4 is 16.2 Å². The molecule has 2 aromatic rings. The van der Waals surface area contributed by atoms with Crippen LogP contribution in [0.25, 0.3) is 10.9 Å². The molecule has 128 valence electrons. The van der Waals surface area contributed by atoms with Gasteiger partial charge in [0.1, 0.15) is 5.75 Å². The van der Waals surface area contributed by atoms with Crippen molar-refractivity contribution in [2.75, 3.05) is 30.1 Å². The van der Waals surface area contributed by atoms with E-state index in [1.165, 1.54) is 6.20 Å². The average molecular weight is 349 g/mol.